The van der Waals surface area contributed by atoms with Crippen molar-refractivity contribution < 1.29 is 9.57 Å². The molecule has 0 aliphatic carbocycles. The van der Waals surface area contributed by atoms with Gasteiger partial charge in [-0.3, -0.25) is 5.41 Å². The minimum atomic E-state index is -0.126. The number of rotatable bonds is 3. The molecule has 0 aromatic carbocycles. The van der Waals surface area contributed by atoms with E-state index in [-0.39, 0.29) is 5.90 Å². The molecule has 2 aromatic rings. The molecule has 3 heterocycles. The minimum absolute atomic E-state index is 0.126. The predicted molar refractivity (Wildman–Crippen MR) is 76.5 cm³/mol. The van der Waals surface area contributed by atoms with E-state index in [4.69, 9.17) is 16.0 Å². The maximum Gasteiger partial charge on any atom is 0.242 e. The third kappa shape index (κ3) is 2.71. The highest BCUT2D eigenvalue weighted by Crippen LogP contribution is 2.21. The fourth-order valence-corrected chi connectivity index (χ4v) is 2.20. The fourth-order valence-electron chi connectivity index (χ4n) is 2.20. The van der Waals surface area contributed by atoms with Crippen LogP contribution in [-0.2, 0) is 9.57 Å². The molecule has 0 spiro atoms. The first kappa shape index (κ1) is 13.5. The average molecular weight is 288 g/mol. The Morgan fingerprint density at radius 3 is 2.81 bits per heavy atom. The van der Waals surface area contributed by atoms with E-state index in [0.29, 0.717) is 43.5 Å². The first-order chi connectivity index (χ1) is 10.3. The van der Waals surface area contributed by atoms with E-state index in [1.807, 2.05) is 23.1 Å². The molecule has 8 heteroatoms. The van der Waals surface area contributed by atoms with E-state index in [9.17, 15) is 0 Å². The van der Waals surface area contributed by atoms with Gasteiger partial charge in [0.2, 0.25) is 5.90 Å². The van der Waals surface area contributed by atoms with Crippen LogP contribution in [0.4, 0.5) is 5.82 Å². The van der Waals surface area contributed by atoms with Gasteiger partial charge in [0, 0.05) is 25.5 Å². The molecular formula is C13H16N6O2. The Labute approximate surface area is 121 Å². The van der Waals surface area contributed by atoms with Gasteiger partial charge in [-0.1, -0.05) is 6.07 Å². The molecule has 21 heavy (non-hydrogen) atoms. The van der Waals surface area contributed by atoms with Crippen LogP contribution in [0, 0.1) is 5.41 Å². The highest BCUT2D eigenvalue weighted by molar-refractivity contribution is 5.96. The largest absolute Gasteiger partial charge is 0.391 e. The second-order valence-electron chi connectivity index (χ2n) is 4.55. The van der Waals surface area contributed by atoms with Gasteiger partial charge in [-0.05, 0) is 12.1 Å². The molecule has 3 rings (SSSR count). The number of anilines is 1. The second kappa shape index (κ2) is 5.90. The molecule has 1 aliphatic rings. The van der Waals surface area contributed by atoms with Crippen molar-refractivity contribution in [1.29, 1.82) is 5.41 Å². The van der Waals surface area contributed by atoms with Gasteiger partial charge in [0.05, 0.1) is 13.2 Å². The number of aromatic nitrogens is 3. The van der Waals surface area contributed by atoms with Gasteiger partial charge in [-0.15, -0.1) is 5.10 Å². The van der Waals surface area contributed by atoms with E-state index in [0.717, 1.165) is 0 Å². The second-order valence-corrected chi connectivity index (χ2v) is 4.55. The van der Waals surface area contributed by atoms with Crippen molar-refractivity contribution in [3.8, 4) is 5.82 Å². The molecule has 1 saturated heterocycles. The Morgan fingerprint density at radius 2 is 2.14 bits per heavy atom. The molecular weight excluding hydrogens is 272 g/mol. The highest BCUT2D eigenvalue weighted by atomic mass is 16.6. The number of pyridine rings is 1. The highest BCUT2D eigenvalue weighted by Gasteiger charge is 2.22. The SMILES string of the molecule is N=C(ON)c1cn(-c2ccccn2)nc1N1CCOCC1. The van der Waals surface area contributed by atoms with Crippen LogP contribution in [0.15, 0.2) is 30.6 Å². The fraction of sp³-hybridized carbons (Fsp3) is 0.308. The maximum absolute atomic E-state index is 7.83. The summed E-state index contributed by atoms with van der Waals surface area (Å²) in [6, 6.07) is 5.55. The van der Waals surface area contributed by atoms with E-state index in [2.05, 4.69) is 14.9 Å². The van der Waals surface area contributed by atoms with E-state index in [1.165, 1.54) is 0 Å². The lowest BCUT2D eigenvalue weighted by molar-refractivity contribution is 0.122. The zero-order chi connectivity index (χ0) is 14.7. The van der Waals surface area contributed by atoms with Crippen LogP contribution in [0.2, 0.25) is 0 Å². The summed E-state index contributed by atoms with van der Waals surface area (Å²) in [5, 5.41) is 12.4. The number of nitrogens with one attached hydrogen (secondary N) is 1. The summed E-state index contributed by atoms with van der Waals surface area (Å²) >= 11 is 0. The van der Waals surface area contributed by atoms with Crippen molar-refractivity contribution >= 4 is 11.7 Å². The van der Waals surface area contributed by atoms with Gasteiger partial charge in [-0.2, -0.15) is 5.90 Å². The van der Waals surface area contributed by atoms with Gasteiger partial charge < -0.3 is 14.5 Å². The minimum Gasteiger partial charge on any atom is -0.391 e. The quantitative estimate of drug-likeness (QED) is 0.479. The molecule has 0 atom stereocenters. The molecule has 0 saturated carbocycles. The Kier molecular flexibility index (Phi) is 3.80. The molecule has 0 amide bonds. The van der Waals surface area contributed by atoms with Crippen LogP contribution in [0.1, 0.15) is 5.56 Å². The van der Waals surface area contributed by atoms with Crippen molar-refractivity contribution in [2.75, 3.05) is 31.2 Å². The lowest BCUT2D eigenvalue weighted by atomic mass is 10.3. The van der Waals surface area contributed by atoms with E-state index < -0.39 is 0 Å². The summed E-state index contributed by atoms with van der Waals surface area (Å²) in [5.74, 6) is 6.33. The molecule has 110 valence electrons. The van der Waals surface area contributed by atoms with Gasteiger partial charge in [0.1, 0.15) is 5.56 Å². The topological polar surface area (TPSA) is 102 Å². The van der Waals surface area contributed by atoms with Crippen molar-refractivity contribution in [3.63, 3.8) is 0 Å². The van der Waals surface area contributed by atoms with Gasteiger partial charge in [0.25, 0.3) is 0 Å². The third-order valence-electron chi connectivity index (χ3n) is 3.25. The number of morpholine rings is 1. The number of ether oxygens (including phenoxy) is 1. The lowest BCUT2D eigenvalue weighted by Gasteiger charge is -2.27. The van der Waals surface area contributed by atoms with Crippen molar-refractivity contribution in [3.05, 3.63) is 36.2 Å². The van der Waals surface area contributed by atoms with Crippen LogP contribution < -0.4 is 10.8 Å². The molecule has 0 bridgehead atoms. The Balaban J connectivity index is 2.00. The Bertz CT molecular complexity index is 621. The summed E-state index contributed by atoms with van der Waals surface area (Å²) in [6.07, 6.45) is 3.39. The van der Waals surface area contributed by atoms with E-state index in [1.54, 1.807) is 17.1 Å². The van der Waals surface area contributed by atoms with Crippen LogP contribution in [0.3, 0.4) is 0 Å². The van der Waals surface area contributed by atoms with Crippen molar-refractivity contribution in [2.24, 2.45) is 5.90 Å². The zero-order valence-corrected chi connectivity index (χ0v) is 11.4. The molecule has 1 fully saturated rings. The number of nitrogens with two attached hydrogens (primary N) is 1. The lowest BCUT2D eigenvalue weighted by Crippen LogP contribution is -2.37. The van der Waals surface area contributed by atoms with E-state index >= 15 is 0 Å². The zero-order valence-electron chi connectivity index (χ0n) is 11.4. The van der Waals surface area contributed by atoms with Crippen LogP contribution >= 0.6 is 0 Å². The summed E-state index contributed by atoms with van der Waals surface area (Å²) in [5.41, 5.74) is 0.532. The van der Waals surface area contributed by atoms with Gasteiger partial charge in [-0.25, -0.2) is 9.67 Å². The molecule has 2 aromatic heterocycles. The summed E-state index contributed by atoms with van der Waals surface area (Å²) in [6.45, 7) is 2.69. The van der Waals surface area contributed by atoms with Crippen molar-refractivity contribution in [1.82, 2.24) is 14.8 Å². The summed E-state index contributed by atoms with van der Waals surface area (Å²) in [4.78, 5) is 10.9. The monoisotopic (exact) mass is 288 g/mol. The number of hydrogen-bond donors (Lipinski definition) is 2. The van der Waals surface area contributed by atoms with Gasteiger partial charge in [0.15, 0.2) is 11.6 Å². The molecule has 3 N–H and O–H groups in total. The van der Waals surface area contributed by atoms with Crippen LogP contribution in [0.5, 0.6) is 0 Å². The predicted octanol–water partition coefficient (Wildman–Crippen LogP) is 0.320. The summed E-state index contributed by atoms with van der Waals surface area (Å²) < 4.78 is 6.96. The maximum atomic E-state index is 7.83. The third-order valence-corrected chi connectivity index (χ3v) is 3.25. The molecule has 8 nitrogen and oxygen atoms in total. The first-order valence-corrected chi connectivity index (χ1v) is 6.59. The Morgan fingerprint density at radius 1 is 1.33 bits per heavy atom. The summed E-state index contributed by atoms with van der Waals surface area (Å²) in [7, 11) is 0. The molecule has 0 unspecified atom stereocenters. The van der Waals surface area contributed by atoms with Crippen LogP contribution in [-0.4, -0.2) is 47.0 Å². The first-order valence-electron chi connectivity index (χ1n) is 6.59. The van der Waals surface area contributed by atoms with Crippen molar-refractivity contribution in [2.45, 2.75) is 0 Å². The van der Waals surface area contributed by atoms with Gasteiger partial charge >= 0.3 is 0 Å². The smallest absolute Gasteiger partial charge is 0.242 e. The Hall–Kier alpha value is -2.45. The number of hydrogen-bond acceptors (Lipinski definition) is 7. The number of nitrogens with zero attached hydrogens (tertiary/aromatic N) is 4. The van der Waals surface area contributed by atoms with Crippen LogP contribution in [0.25, 0.3) is 5.82 Å². The standard InChI is InChI=1S/C13H16N6O2/c14-12(21-15)10-9-19(11-3-1-2-4-16-11)17-13(10)18-5-7-20-8-6-18/h1-4,9,14H,5-8,15H2. The molecule has 0 radical (unpaired) electrons. The average Bonchev–Trinajstić information content (AvgIpc) is 3.01. The normalized spacial score (nSPS) is 15.0. The molecule has 1 aliphatic heterocycles.